The number of pyridine rings is 1. The molecule has 35 heavy (non-hydrogen) atoms. The Morgan fingerprint density at radius 2 is 1.57 bits per heavy atom. The minimum Gasteiger partial charge on any atom is -0.457 e. The molecule has 0 bridgehead atoms. The van der Waals surface area contributed by atoms with Gasteiger partial charge >= 0.3 is 0 Å². The van der Waals surface area contributed by atoms with E-state index in [4.69, 9.17) is 4.74 Å². The number of ether oxygens (including phenoxy) is 1. The summed E-state index contributed by atoms with van der Waals surface area (Å²) in [4.78, 5) is 6.65. The van der Waals surface area contributed by atoms with Crippen molar-refractivity contribution >= 4 is 28.1 Å². The Morgan fingerprint density at radius 1 is 0.886 bits per heavy atom. The molecule has 2 heterocycles. The predicted molar refractivity (Wildman–Crippen MR) is 145 cm³/mol. The van der Waals surface area contributed by atoms with E-state index < -0.39 is 0 Å². The average Bonchev–Trinajstić information content (AvgIpc) is 3.23. The smallest absolute Gasteiger partial charge is 0.139 e. The molecule has 0 aliphatic carbocycles. The third-order valence-electron chi connectivity index (χ3n) is 6.12. The second-order valence-corrected chi connectivity index (χ2v) is 8.66. The van der Waals surface area contributed by atoms with Gasteiger partial charge in [0.15, 0.2) is 0 Å². The largest absolute Gasteiger partial charge is 0.457 e. The molecule has 0 amide bonds. The molecular formula is C30H28N4O. The fourth-order valence-corrected chi connectivity index (χ4v) is 4.10. The molecule has 0 atom stereocenters. The highest BCUT2D eigenvalue weighted by Crippen LogP contribution is 2.33. The third kappa shape index (κ3) is 4.62. The second kappa shape index (κ2) is 9.39. The van der Waals surface area contributed by atoms with Gasteiger partial charge < -0.3 is 19.5 Å². The van der Waals surface area contributed by atoms with Gasteiger partial charge in [-0.3, -0.25) is 0 Å². The molecule has 0 saturated heterocycles. The summed E-state index contributed by atoms with van der Waals surface area (Å²) in [5.74, 6) is 2.42. The first kappa shape index (κ1) is 22.3. The van der Waals surface area contributed by atoms with E-state index in [1.807, 2.05) is 85.9 Å². The van der Waals surface area contributed by atoms with Gasteiger partial charge in [-0.15, -0.1) is 0 Å². The summed E-state index contributed by atoms with van der Waals surface area (Å²) in [6.45, 7) is 4.15. The lowest BCUT2D eigenvalue weighted by Crippen LogP contribution is -2.08. The van der Waals surface area contributed by atoms with Crippen LogP contribution in [0.4, 0.5) is 11.5 Å². The number of aryl methyl sites for hydroxylation is 1. The van der Waals surface area contributed by atoms with E-state index in [1.165, 1.54) is 0 Å². The van der Waals surface area contributed by atoms with Gasteiger partial charge in [0.1, 0.15) is 17.3 Å². The summed E-state index contributed by atoms with van der Waals surface area (Å²) in [5, 5.41) is 4.54. The molecule has 0 fully saturated rings. The Kier molecular flexibility index (Phi) is 5.98. The van der Waals surface area contributed by atoms with Crippen molar-refractivity contribution < 1.29 is 4.74 Å². The first-order chi connectivity index (χ1) is 17.0. The van der Waals surface area contributed by atoms with Crippen molar-refractivity contribution in [2.75, 3.05) is 19.4 Å². The number of fused-ring (bicyclic) bond motifs is 1. The quantitative estimate of drug-likeness (QED) is 0.276. The van der Waals surface area contributed by atoms with Crippen LogP contribution in [-0.4, -0.2) is 28.5 Å². The fourth-order valence-electron chi connectivity index (χ4n) is 4.10. The van der Waals surface area contributed by atoms with Gasteiger partial charge in [-0.1, -0.05) is 49.0 Å². The summed E-state index contributed by atoms with van der Waals surface area (Å²) in [7, 11) is 6.10. The van der Waals surface area contributed by atoms with Gasteiger partial charge in [-0.05, 0) is 59.7 Å². The minimum absolute atomic E-state index is 0.787. The maximum Gasteiger partial charge on any atom is 0.139 e. The van der Waals surface area contributed by atoms with E-state index >= 15 is 0 Å². The zero-order valence-electron chi connectivity index (χ0n) is 20.2. The second-order valence-electron chi connectivity index (χ2n) is 8.66. The highest BCUT2D eigenvalue weighted by molar-refractivity contribution is 5.96. The van der Waals surface area contributed by atoms with Gasteiger partial charge in [0, 0.05) is 49.8 Å². The van der Waals surface area contributed by atoms with Gasteiger partial charge in [0.05, 0.1) is 5.52 Å². The topological polar surface area (TPSA) is 42.3 Å². The Bertz CT molecular complexity index is 1470. The van der Waals surface area contributed by atoms with Crippen LogP contribution < -0.4 is 10.1 Å². The van der Waals surface area contributed by atoms with Crippen LogP contribution in [0.5, 0.6) is 11.5 Å². The molecule has 2 aromatic heterocycles. The average molecular weight is 461 g/mol. The normalized spacial score (nSPS) is 10.8. The number of aromatic nitrogens is 2. The monoisotopic (exact) mass is 460 g/mol. The highest BCUT2D eigenvalue weighted by atomic mass is 16.5. The minimum atomic E-state index is 0.787. The van der Waals surface area contributed by atoms with E-state index in [2.05, 4.69) is 58.8 Å². The lowest BCUT2D eigenvalue weighted by Gasteiger charge is -2.16. The Balaban J connectivity index is 1.40. The first-order valence-corrected chi connectivity index (χ1v) is 11.5. The Labute approximate surface area is 205 Å². The molecule has 5 nitrogen and oxygen atoms in total. The van der Waals surface area contributed by atoms with Gasteiger partial charge in [0.2, 0.25) is 0 Å². The number of anilines is 2. The molecule has 0 saturated carbocycles. The highest BCUT2D eigenvalue weighted by Gasteiger charge is 2.13. The van der Waals surface area contributed by atoms with E-state index in [1.54, 1.807) is 0 Å². The van der Waals surface area contributed by atoms with Crippen molar-refractivity contribution in [3.8, 4) is 22.8 Å². The molecule has 3 aromatic carbocycles. The number of nitrogens with one attached hydrogen (secondary N) is 1. The summed E-state index contributed by atoms with van der Waals surface area (Å²) < 4.78 is 8.11. The van der Waals surface area contributed by atoms with Crippen LogP contribution >= 0.6 is 0 Å². The number of para-hydroxylation sites is 1. The summed E-state index contributed by atoms with van der Waals surface area (Å²) >= 11 is 0. The Hall–Kier alpha value is -4.51. The molecule has 0 spiro atoms. The maximum absolute atomic E-state index is 5.90. The molecule has 174 valence electrons. The zero-order valence-corrected chi connectivity index (χ0v) is 20.2. The van der Waals surface area contributed by atoms with Crippen LogP contribution in [0.3, 0.4) is 0 Å². The van der Waals surface area contributed by atoms with Crippen molar-refractivity contribution in [2.24, 2.45) is 7.05 Å². The number of hydrogen-bond donors (Lipinski definition) is 1. The molecule has 1 N–H and O–H groups in total. The van der Waals surface area contributed by atoms with Crippen LogP contribution in [-0.2, 0) is 7.05 Å². The SMILES string of the molecule is C=C(c1ccc(-c2cc3c(Nc4ccc(Oc5ccccc5)cc4)nccc3n2C)cc1)N(C)C. The van der Waals surface area contributed by atoms with Crippen LogP contribution in [0.15, 0.2) is 104 Å². The maximum atomic E-state index is 5.90. The van der Waals surface area contributed by atoms with E-state index in [-0.39, 0.29) is 0 Å². The van der Waals surface area contributed by atoms with Crippen molar-refractivity contribution in [1.82, 2.24) is 14.5 Å². The van der Waals surface area contributed by atoms with Crippen molar-refractivity contribution in [2.45, 2.75) is 0 Å². The van der Waals surface area contributed by atoms with Gasteiger partial charge in [-0.2, -0.15) is 0 Å². The molecule has 5 rings (SSSR count). The number of rotatable bonds is 7. The summed E-state index contributed by atoms with van der Waals surface area (Å²) in [5.41, 5.74) is 6.44. The van der Waals surface area contributed by atoms with E-state index in [9.17, 15) is 0 Å². The standard InChI is InChI=1S/C30H28N4O/c1-21(33(2)3)22-10-12-23(13-11-22)29-20-27-28(34(29)4)18-19-31-30(27)32-24-14-16-26(17-15-24)35-25-8-6-5-7-9-25/h5-20H,1H2,2-4H3,(H,31,32). The molecule has 0 radical (unpaired) electrons. The molecule has 0 aliphatic heterocycles. The number of benzene rings is 3. The third-order valence-corrected chi connectivity index (χ3v) is 6.12. The lowest BCUT2D eigenvalue weighted by molar-refractivity contribution is 0.483. The van der Waals surface area contributed by atoms with Crippen LogP contribution in [0.25, 0.3) is 27.9 Å². The molecule has 0 unspecified atom stereocenters. The van der Waals surface area contributed by atoms with Gasteiger partial charge in [0.25, 0.3) is 0 Å². The lowest BCUT2D eigenvalue weighted by atomic mass is 10.1. The van der Waals surface area contributed by atoms with Crippen molar-refractivity contribution in [3.05, 3.63) is 109 Å². The van der Waals surface area contributed by atoms with E-state index in [0.29, 0.717) is 0 Å². The van der Waals surface area contributed by atoms with Crippen LogP contribution in [0.1, 0.15) is 5.56 Å². The Morgan fingerprint density at radius 3 is 2.26 bits per heavy atom. The number of hydrogen-bond acceptors (Lipinski definition) is 4. The molecule has 5 heteroatoms. The van der Waals surface area contributed by atoms with E-state index in [0.717, 1.165) is 56.4 Å². The fraction of sp³-hybridized carbons (Fsp3) is 0.100. The van der Waals surface area contributed by atoms with Crippen LogP contribution in [0.2, 0.25) is 0 Å². The predicted octanol–water partition coefficient (Wildman–Crippen LogP) is 7.31. The van der Waals surface area contributed by atoms with Crippen molar-refractivity contribution in [3.63, 3.8) is 0 Å². The molecule has 5 aromatic rings. The van der Waals surface area contributed by atoms with Crippen molar-refractivity contribution in [1.29, 1.82) is 0 Å². The first-order valence-electron chi connectivity index (χ1n) is 11.5. The molecule has 0 aliphatic rings. The zero-order chi connectivity index (χ0) is 24.4. The summed E-state index contributed by atoms with van der Waals surface area (Å²) in [6, 6.07) is 30.4. The summed E-state index contributed by atoms with van der Waals surface area (Å²) in [6.07, 6.45) is 1.84. The molecular weight excluding hydrogens is 432 g/mol. The van der Waals surface area contributed by atoms with Gasteiger partial charge in [-0.25, -0.2) is 4.98 Å². The number of nitrogens with zero attached hydrogens (tertiary/aromatic N) is 3. The van der Waals surface area contributed by atoms with Crippen LogP contribution in [0, 0.1) is 0 Å².